The molecule has 0 radical (unpaired) electrons. The standard InChI is InChI=1S/C18H24F2N4O/c1-4-16-13(17(5-2)25-24-16)11-23-18(21-3)22-10-9-12-14(19)7-6-8-15(12)20/h6-8H,4-5,9-11H2,1-3H3,(H2,21,22,23). The van der Waals surface area contributed by atoms with E-state index < -0.39 is 11.6 Å². The predicted molar refractivity (Wildman–Crippen MR) is 93.5 cm³/mol. The van der Waals surface area contributed by atoms with Crippen LogP contribution in [0.4, 0.5) is 8.78 Å². The fraction of sp³-hybridized carbons (Fsp3) is 0.444. The number of halogens is 2. The van der Waals surface area contributed by atoms with Crippen LogP contribution in [-0.4, -0.2) is 24.7 Å². The maximum atomic E-state index is 13.6. The lowest BCUT2D eigenvalue weighted by molar-refractivity contribution is 0.380. The number of nitrogens with one attached hydrogen (secondary N) is 2. The molecule has 25 heavy (non-hydrogen) atoms. The highest BCUT2D eigenvalue weighted by atomic mass is 19.1. The van der Waals surface area contributed by atoms with E-state index in [1.54, 1.807) is 7.05 Å². The molecule has 0 amide bonds. The maximum Gasteiger partial charge on any atom is 0.191 e. The van der Waals surface area contributed by atoms with E-state index in [2.05, 4.69) is 20.8 Å². The molecule has 0 aliphatic carbocycles. The molecule has 2 rings (SSSR count). The van der Waals surface area contributed by atoms with Gasteiger partial charge in [-0.3, -0.25) is 4.99 Å². The van der Waals surface area contributed by atoms with Crippen molar-refractivity contribution in [3.63, 3.8) is 0 Å². The molecular weight excluding hydrogens is 326 g/mol. The molecule has 2 aromatic rings. The van der Waals surface area contributed by atoms with Crippen molar-refractivity contribution < 1.29 is 13.3 Å². The Labute approximate surface area is 146 Å². The van der Waals surface area contributed by atoms with Crippen molar-refractivity contribution in [1.29, 1.82) is 0 Å². The first-order valence-corrected chi connectivity index (χ1v) is 8.44. The molecule has 0 aliphatic rings. The molecule has 1 aromatic carbocycles. The second kappa shape index (κ2) is 9.15. The highest BCUT2D eigenvalue weighted by Gasteiger charge is 2.14. The summed E-state index contributed by atoms with van der Waals surface area (Å²) in [5.41, 5.74) is 2.03. The highest BCUT2D eigenvalue weighted by molar-refractivity contribution is 5.79. The van der Waals surface area contributed by atoms with Crippen molar-refractivity contribution in [1.82, 2.24) is 15.8 Å². The van der Waals surface area contributed by atoms with Gasteiger partial charge in [-0.05, 0) is 25.0 Å². The summed E-state index contributed by atoms with van der Waals surface area (Å²) in [7, 11) is 1.65. The minimum Gasteiger partial charge on any atom is -0.361 e. The van der Waals surface area contributed by atoms with Gasteiger partial charge in [0, 0.05) is 37.7 Å². The Kier molecular flexibility index (Phi) is 6.91. The molecular formula is C18H24F2N4O. The third-order valence-electron chi connectivity index (χ3n) is 3.99. The van der Waals surface area contributed by atoms with Gasteiger partial charge >= 0.3 is 0 Å². The van der Waals surface area contributed by atoms with Gasteiger partial charge in [0.25, 0.3) is 0 Å². The molecule has 0 saturated carbocycles. The van der Waals surface area contributed by atoms with Crippen LogP contribution in [0.15, 0.2) is 27.7 Å². The molecule has 5 nitrogen and oxygen atoms in total. The molecule has 0 aliphatic heterocycles. The summed E-state index contributed by atoms with van der Waals surface area (Å²) in [6, 6.07) is 3.88. The average molecular weight is 350 g/mol. The zero-order valence-corrected chi connectivity index (χ0v) is 14.8. The van der Waals surface area contributed by atoms with Gasteiger partial charge in [0.2, 0.25) is 0 Å². The summed E-state index contributed by atoms with van der Waals surface area (Å²) in [5, 5.41) is 10.3. The quantitative estimate of drug-likeness (QED) is 0.595. The first-order chi connectivity index (χ1) is 12.1. The summed E-state index contributed by atoms with van der Waals surface area (Å²) in [4.78, 5) is 4.13. The van der Waals surface area contributed by atoms with Gasteiger partial charge in [0.1, 0.15) is 17.4 Å². The number of aromatic nitrogens is 1. The zero-order chi connectivity index (χ0) is 18.2. The van der Waals surface area contributed by atoms with Crippen LogP contribution >= 0.6 is 0 Å². The lowest BCUT2D eigenvalue weighted by Gasteiger charge is -2.12. The molecule has 136 valence electrons. The third kappa shape index (κ3) is 4.78. The summed E-state index contributed by atoms with van der Waals surface area (Å²) < 4.78 is 32.6. The number of hydrogen-bond donors (Lipinski definition) is 2. The number of aliphatic imine (C=N–C) groups is 1. The van der Waals surface area contributed by atoms with Crippen molar-refractivity contribution in [3.8, 4) is 0 Å². The first kappa shape index (κ1) is 18.9. The smallest absolute Gasteiger partial charge is 0.191 e. The second-order valence-electron chi connectivity index (χ2n) is 5.54. The van der Waals surface area contributed by atoms with Gasteiger partial charge in [0.05, 0.1) is 5.69 Å². The Morgan fingerprint density at radius 3 is 2.44 bits per heavy atom. The van der Waals surface area contributed by atoms with Gasteiger partial charge in [-0.2, -0.15) is 0 Å². The Morgan fingerprint density at radius 1 is 1.12 bits per heavy atom. The number of aryl methyl sites for hydroxylation is 2. The summed E-state index contributed by atoms with van der Waals surface area (Å²) in [5.74, 6) is 0.346. The minimum absolute atomic E-state index is 0.0750. The van der Waals surface area contributed by atoms with Gasteiger partial charge in [-0.1, -0.05) is 25.1 Å². The molecule has 7 heteroatoms. The summed E-state index contributed by atoms with van der Waals surface area (Å²) in [6.45, 7) is 4.93. The van der Waals surface area contributed by atoms with E-state index in [1.165, 1.54) is 18.2 Å². The zero-order valence-electron chi connectivity index (χ0n) is 14.8. The van der Waals surface area contributed by atoms with Crippen LogP contribution in [-0.2, 0) is 25.8 Å². The van der Waals surface area contributed by atoms with Crippen molar-refractivity contribution in [2.45, 2.75) is 39.7 Å². The average Bonchev–Trinajstić information content (AvgIpc) is 3.02. The lowest BCUT2D eigenvalue weighted by Crippen LogP contribution is -2.38. The van der Waals surface area contributed by atoms with E-state index in [9.17, 15) is 8.78 Å². The summed E-state index contributed by atoms with van der Waals surface area (Å²) in [6.07, 6.45) is 1.79. The van der Waals surface area contributed by atoms with E-state index in [-0.39, 0.29) is 12.0 Å². The number of hydrogen-bond acceptors (Lipinski definition) is 3. The van der Waals surface area contributed by atoms with E-state index in [0.717, 1.165) is 29.9 Å². The topological polar surface area (TPSA) is 62.5 Å². The number of benzene rings is 1. The maximum absolute atomic E-state index is 13.6. The van der Waals surface area contributed by atoms with Crippen LogP contribution in [0.1, 0.15) is 36.4 Å². The van der Waals surface area contributed by atoms with Gasteiger partial charge < -0.3 is 15.2 Å². The first-order valence-electron chi connectivity index (χ1n) is 8.44. The normalized spacial score (nSPS) is 11.6. The van der Waals surface area contributed by atoms with Crippen molar-refractivity contribution in [2.24, 2.45) is 4.99 Å². The van der Waals surface area contributed by atoms with E-state index >= 15 is 0 Å². The second-order valence-corrected chi connectivity index (χ2v) is 5.54. The largest absolute Gasteiger partial charge is 0.361 e. The molecule has 0 unspecified atom stereocenters. The molecule has 1 heterocycles. The van der Waals surface area contributed by atoms with Crippen LogP contribution in [0.5, 0.6) is 0 Å². The summed E-state index contributed by atoms with van der Waals surface area (Å²) >= 11 is 0. The van der Waals surface area contributed by atoms with Crippen LogP contribution in [0.3, 0.4) is 0 Å². The Hall–Kier alpha value is -2.44. The van der Waals surface area contributed by atoms with Gasteiger partial charge in [-0.15, -0.1) is 0 Å². The van der Waals surface area contributed by atoms with E-state index in [4.69, 9.17) is 4.52 Å². The Balaban J connectivity index is 1.90. The molecule has 0 bridgehead atoms. The van der Waals surface area contributed by atoms with Gasteiger partial charge in [0.15, 0.2) is 5.96 Å². The van der Waals surface area contributed by atoms with Crippen LogP contribution in [0, 0.1) is 11.6 Å². The molecule has 0 atom stereocenters. The van der Waals surface area contributed by atoms with Crippen molar-refractivity contribution >= 4 is 5.96 Å². The van der Waals surface area contributed by atoms with Crippen LogP contribution in [0.2, 0.25) is 0 Å². The fourth-order valence-electron chi connectivity index (χ4n) is 2.61. The van der Waals surface area contributed by atoms with Crippen molar-refractivity contribution in [3.05, 3.63) is 52.4 Å². The number of nitrogens with zero attached hydrogens (tertiary/aromatic N) is 2. The molecule has 0 fully saturated rings. The molecule has 1 aromatic heterocycles. The third-order valence-corrected chi connectivity index (χ3v) is 3.99. The SMILES string of the molecule is CCc1noc(CC)c1CNC(=NC)NCCc1c(F)cccc1F. The van der Waals surface area contributed by atoms with Gasteiger partial charge in [-0.25, -0.2) is 8.78 Å². The highest BCUT2D eigenvalue weighted by Crippen LogP contribution is 2.15. The monoisotopic (exact) mass is 350 g/mol. The number of rotatable bonds is 7. The minimum atomic E-state index is -0.533. The van der Waals surface area contributed by atoms with E-state index in [0.29, 0.717) is 19.0 Å². The molecule has 0 spiro atoms. The number of guanidine groups is 1. The Bertz CT molecular complexity index is 686. The predicted octanol–water partition coefficient (Wildman–Crippen LogP) is 2.99. The van der Waals surface area contributed by atoms with E-state index in [1.807, 2.05) is 13.8 Å². The molecule has 2 N–H and O–H groups in total. The Morgan fingerprint density at radius 2 is 1.84 bits per heavy atom. The fourth-order valence-corrected chi connectivity index (χ4v) is 2.61. The lowest BCUT2D eigenvalue weighted by atomic mass is 10.1. The van der Waals surface area contributed by atoms with Crippen LogP contribution in [0.25, 0.3) is 0 Å². The molecule has 0 saturated heterocycles. The van der Waals surface area contributed by atoms with Crippen LogP contribution < -0.4 is 10.6 Å². The van der Waals surface area contributed by atoms with Crippen molar-refractivity contribution in [2.75, 3.05) is 13.6 Å².